The Morgan fingerprint density at radius 1 is 1.40 bits per heavy atom. The Bertz CT molecular complexity index is 723. The summed E-state index contributed by atoms with van der Waals surface area (Å²) in [5.74, 6) is -0.931. The Morgan fingerprint density at radius 2 is 2.10 bits per heavy atom. The molecule has 3 rings (SSSR count). The molecule has 2 heterocycles. The van der Waals surface area contributed by atoms with E-state index in [9.17, 15) is 14.7 Å². The van der Waals surface area contributed by atoms with E-state index in [1.807, 2.05) is 0 Å². The van der Waals surface area contributed by atoms with Crippen molar-refractivity contribution >= 4 is 17.1 Å². The number of fused-ring (bicyclic) bond motifs is 1. The Kier molecular flexibility index (Phi) is 3.08. The number of carbonyl (C=O) groups is 1. The van der Waals surface area contributed by atoms with Crippen molar-refractivity contribution in [1.82, 2.24) is 9.55 Å². The van der Waals surface area contributed by atoms with E-state index in [0.29, 0.717) is 0 Å². The van der Waals surface area contributed by atoms with Crippen LogP contribution in [0.25, 0.3) is 11.1 Å². The summed E-state index contributed by atoms with van der Waals surface area (Å²) in [6, 6.07) is 0.116. The van der Waals surface area contributed by atoms with Crippen LogP contribution in [0.3, 0.4) is 0 Å². The van der Waals surface area contributed by atoms with Gasteiger partial charge in [-0.25, -0.2) is 9.78 Å². The van der Waals surface area contributed by atoms with Crippen LogP contribution in [0.2, 0.25) is 0 Å². The molecular formula is C14H16N2O4. The van der Waals surface area contributed by atoms with Crippen molar-refractivity contribution in [2.75, 3.05) is 0 Å². The van der Waals surface area contributed by atoms with Crippen molar-refractivity contribution < 1.29 is 14.3 Å². The third-order valence-electron chi connectivity index (χ3n) is 4.00. The molecule has 1 saturated carbocycles. The van der Waals surface area contributed by atoms with Gasteiger partial charge in [0, 0.05) is 6.04 Å². The molecule has 2 aromatic rings. The van der Waals surface area contributed by atoms with Gasteiger partial charge in [0.1, 0.15) is 23.0 Å². The number of aromatic carboxylic acids is 1. The van der Waals surface area contributed by atoms with Crippen LogP contribution in [0, 0.1) is 6.92 Å². The molecule has 0 aromatic carbocycles. The lowest BCUT2D eigenvalue weighted by molar-refractivity contribution is 0.0697. The van der Waals surface area contributed by atoms with E-state index in [1.165, 1.54) is 19.7 Å². The van der Waals surface area contributed by atoms with Crippen LogP contribution in [0.5, 0.6) is 0 Å². The highest BCUT2D eigenvalue weighted by atomic mass is 16.4. The minimum atomic E-state index is -1.15. The Hall–Kier alpha value is -2.11. The molecule has 0 spiro atoms. The lowest BCUT2D eigenvalue weighted by Gasteiger charge is -2.23. The first kappa shape index (κ1) is 12.9. The predicted octanol–water partition coefficient (Wildman–Crippen LogP) is 2.50. The maximum absolute atomic E-state index is 12.6. The third kappa shape index (κ3) is 1.92. The SMILES string of the molecule is Cc1oc2ncn(C3CCCCC3)c(=O)c2c1C(=O)O. The summed E-state index contributed by atoms with van der Waals surface area (Å²) in [4.78, 5) is 28.0. The van der Waals surface area contributed by atoms with Crippen LogP contribution in [-0.2, 0) is 0 Å². The highest BCUT2D eigenvalue weighted by molar-refractivity contribution is 6.02. The fourth-order valence-corrected chi connectivity index (χ4v) is 2.99. The largest absolute Gasteiger partial charge is 0.478 e. The molecule has 0 atom stereocenters. The summed E-state index contributed by atoms with van der Waals surface area (Å²) >= 11 is 0. The van der Waals surface area contributed by atoms with Gasteiger partial charge in [0.05, 0.1) is 0 Å². The number of hydrogen-bond donors (Lipinski definition) is 1. The van der Waals surface area contributed by atoms with Gasteiger partial charge in [0.25, 0.3) is 5.56 Å². The highest BCUT2D eigenvalue weighted by Crippen LogP contribution is 2.28. The summed E-state index contributed by atoms with van der Waals surface area (Å²) in [6.07, 6.45) is 6.72. The van der Waals surface area contributed by atoms with Gasteiger partial charge >= 0.3 is 5.97 Å². The Balaban J connectivity index is 2.21. The number of aryl methyl sites for hydroxylation is 1. The average Bonchev–Trinajstić information content (AvgIpc) is 2.77. The second-order valence-electron chi connectivity index (χ2n) is 5.27. The lowest BCUT2D eigenvalue weighted by atomic mass is 9.95. The maximum Gasteiger partial charge on any atom is 0.340 e. The van der Waals surface area contributed by atoms with Crippen LogP contribution in [0.15, 0.2) is 15.5 Å². The first-order chi connectivity index (χ1) is 9.59. The predicted molar refractivity (Wildman–Crippen MR) is 72.1 cm³/mol. The maximum atomic E-state index is 12.6. The molecular weight excluding hydrogens is 260 g/mol. The Labute approximate surface area is 115 Å². The van der Waals surface area contributed by atoms with Crippen LogP contribution in [0.4, 0.5) is 0 Å². The molecule has 20 heavy (non-hydrogen) atoms. The van der Waals surface area contributed by atoms with Gasteiger partial charge in [-0.3, -0.25) is 9.36 Å². The summed E-state index contributed by atoms with van der Waals surface area (Å²) in [5.41, 5.74) is -0.268. The minimum Gasteiger partial charge on any atom is -0.478 e. The van der Waals surface area contributed by atoms with Gasteiger partial charge in [-0.2, -0.15) is 0 Å². The van der Waals surface area contributed by atoms with Crippen molar-refractivity contribution in [3.05, 3.63) is 28.0 Å². The minimum absolute atomic E-state index is 0.0670. The lowest BCUT2D eigenvalue weighted by Crippen LogP contribution is -2.27. The molecule has 106 valence electrons. The molecule has 1 fully saturated rings. The van der Waals surface area contributed by atoms with Gasteiger partial charge in [-0.15, -0.1) is 0 Å². The molecule has 6 nitrogen and oxygen atoms in total. The van der Waals surface area contributed by atoms with E-state index in [2.05, 4.69) is 4.98 Å². The quantitative estimate of drug-likeness (QED) is 0.910. The normalized spacial score (nSPS) is 16.6. The number of nitrogens with zero attached hydrogens (tertiary/aromatic N) is 2. The van der Waals surface area contributed by atoms with Gasteiger partial charge in [0.2, 0.25) is 5.71 Å². The molecule has 2 aromatic heterocycles. The molecule has 0 saturated heterocycles. The van der Waals surface area contributed by atoms with Gasteiger partial charge < -0.3 is 9.52 Å². The van der Waals surface area contributed by atoms with Crippen molar-refractivity contribution in [2.24, 2.45) is 0 Å². The monoisotopic (exact) mass is 276 g/mol. The Morgan fingerprint density at radius 3 is 2.75 bits per heavy atom. The molecule has 0 bridgehead atoms. The molecule has 0 radical (unpaired) electrons. The standard InChI is InChI=1S/C14H16N2O4/c1-8-10(14(18)19)11-12(20-8)15-7-16(13(11)17)9-5-3-2-4-6-9/h7,9H,2-6H2,1H3,(H,18,19). The summed E-state index contributed by atoms with van der Waals surface area (Å²) in [5, 5.41) is 9.33. The van der Waals surface area contributed by atoms with E-state index in [0.717, 1.165) is 25.7 Å². The van der Waals surface area contributed by atoms with E-state index < -0.39 is 5.97 Å². The number of hydrogen-bond acceptors (Lipinski definition) is 4. The summed E-state index contributed by atoms with van der Waals surface area (Å²) in [6.45, 7) is 1.54. The number of rotatable bonds is 2. The summed E-state index contributed by atoms with van der Waals surface area (Å²) in [7, 11) is 0. The third-order valence-corrected chi connectivity index (χ3v) is 4.00. The molecule has 6 heteroatoms. The van der Waals surface area contributed by atoms with Crippen LogP contribution in [0.1, 0.15) is 54.3 Å². The van der Waals surface area contributed by atoms with Gasteiger partial charge in [-0.1, -0.05) is 19.3 Å². The zero-order valence-corrected chi connectivity index (χ0v) is 11.3. The highest BCUT2D eigenvalue weighted by Gasteiger charge is 2.24. The van der Waals surface area contributed by atoms with E-state index >= 15 is 0 Å². The number of furan rings is 1. The van der Waals surface area contributed by atoms with Crippen molar-refractivity contribution in [3.63, 3.8) is 0 Å². The van der Waals surface area contributed by atoms with E-state index in [-0.39, 0.29) is 34.0 Å². The molecule has 0 amide bonds. The molecule has 0 unspecified atom stereocenters. The van der Waals surface area contributed by atoms with Crippen molar-refractivity contribution in [1.29, 1.82) is 0 Å². The number of carboxylic acids is 1. The van der Waals surface area contributed by atoms with E-state index in [4.69, 9.17) is 4.42 Å². The molecule has 1 aliphatic carbocycles. The number of carboxylic acid groups (broad SMARTS) is 1. The van der Waals surface area contributed by atoms with Crippen LogP contribution in [-0.4, -0.2) is 20.6 Å². The van der Waals surface area contributed by atoms with Crippen molar-refractivity contribution in [2.45, 2.75) is 45.1 Å². The average molecular weight is 276 g/mol. The second-order valence-corrected chi connectivity index (χ2v) is 5.27. The fraction of sp³-hybridized carbons (Fsp3) is 0.500. The molecule has 1 aliphatic rings. The first-order valence-electron chi connectivity index (χ1n) is 6.83. The van der Waals surface area contributed by atoms with Crippen molar-refractivity contribution in [3.8, 4) is 0 Å². The van der Waals surface area contributed by atoms with Gasteiger partial charge in [-0.05, 0) is 19.8 Å². The first-order valence-corrected chi connectivity index (χ1v) is 6.83. The molecule has 1 N–H and O–H groups in total. The van der Waals surface area contributed by atoms with Gasteiger partial charge in [0.15, 0.2) is 0 Å². The molecule has 0 aliphatic heterocycles. The smallest absolute Gasteiger partial charge is 0.340 e. The van der Waals surface area contributed by atoms with Crippen LogP contribution >= 0.6 is 0 Å². The van der Waals surface area contributed by atoms with E-state index in [1.54, 1.807) is 4.57 Å². The number of aromatic nitrogens is 2. The second kappa shape index (κ2) is 4.77. The fourth-order valence-electron chi connectivity index (χ4n) is 2.99. The zero-order valence-electron chi connectivity index (χ0n) is 11.3. The summed E-state index contributed by atoms with van der Waals surface area (Å²) < 4.78 is 6.85. The zero-order chi connectivity index (χ0) is 14.3. The topological polar surface area (TPSA) is 85.3 Å². The van der Waals surface area contributed by atoms with Crippen LogP contribution < -0.4 is 5.56 Å².